The summed E-state index contributed by atoms with van der Waals surface area (Å²) in [6.45, 7) is 1.85. The molecule has 1 aromatic rings. The molecule has 0 fully saturated rings. The number of benzene rings is 1. The molecule has 2 atom stereocenters. The quantitative estimate of drug-likeness (QED) is 0.748. The minimum absolute atomic E-state index is 0.00125. The lowest BCUT2D eigenvalue weighted by molar-refractivity contribution is -0.145. The van der Waals surface area contributed by atoms with E-state index in [1.54, 1.807) is 25.1 Å². The Hall–Kier alpha value is -2.06. The summed E-state index contributed by atoms with van der Waals surface area (Å²) in [6, 6.07) is 4.02. The molecule has 8 heteroatoms. The molecule has 0 bridgehead atoms. The van der Waals surface area contributed by atoms with Crippen LogP contribution in [0.2, 0.25) is 0 Å². The average molecular weight is 385 g/mol. The van der Waals surface area contributed by atoms with Crippen LogP contribution in [0.25, 0.3) is 0 Å². The maximum absolute atomic E-state index is 12.1. The number of methoxy groups -OCH3 is 1. The van der Waals surface area contributed by atoms with E-state index in [9.17, 15) is 9.59 Å². The summed E-state index contributed by atoms with van der Waals surface area (Å²) < 4.78 is 15.9. The maximum atomic E-state index is 12.1. The summed E-state index contributed by atoms with van der Waals surface area (Å²) in [6.07, 6.45) is 0. The van der Waals surface area contributed by atoms with E-state index in [2.05, 4.69) is 15.9 Å². The van der Waals surface area contributed by atoms with Gasteiger partial charge in [-0.2, -0.15) is 0 Å². The van der Waals surface area contributed by atoms with Crippen LogP contribution in [-0.4, -0.2) is 31.7 Å². The zero-order valence-electron chi connectivity index (χ0n) is 12.7. The van der Waals surface area contributed by atoms with Crippen molar-refractivity contribution in [1.29, 1.82) is 0 Å². The number of carbonyl (C=O) groups excluding carboxylic acids is 2. The summed E-state index contributed by atoms with van der Waals surface area (Å²) in [5.41, 5.74) is 12.4. The molecule has 0 aromatic heterocycles. The Bertz CT molecular complexity index is 674. The van der Waals surface area contributed by atoms with Gasteiger partial charge in [0.1, 0.15) is 17.4 Å². The first-order valence-electron chi connectivity index (χ1n) is 6.88. The highest BCUT2D eigenvalue weighted by molar-refractivity contribution is 9.10. The van der Waals surface area contributed by atoms with Crippen molar-refractivity contribution in [2.75, 3.05) is 13.7 Å². The molecule has 7 nitrogen and oxygen atoms in total. The molecular weight excluding hydrogens is 368 g/mol. The molecule has 1 aliphatic rings. The SMILES string of the molecule is CCOC(=O)C(N)C1C(C(=O)OC)=C(N)Oc2ccc(Br)cc21. The highest BCUT2D eigenvalue weighted by Gasteiger charge is 2.41. The van der Waals surface area contributed by atoms with Crippen molar-refractivity contribution < 1.29 is 23.8 Å². The second-order valence-corrected chi connectivity index (χ2v) is 5.72. The highest BCUT2D eigenvalue weighted by atomic mass is 79.9. The van der Waals surface area contributed by atoms with Gasteiger partial charge >= 0.3 is 11.9 Å². The van der Waals surface area contributed by atoms with E-state index in [1.165, 1.54) is 7.11 Å². The Labute approximate surface area is 141 Å². The van der Waals surface area contributed by atoms with Crippen LogP contribution >= 0.6 is 15.9 Å². The van der Waals surface area contributed by atoms with Crippen LogP contribution in [0.5, 0.6) is 5.75 Å². The van der Waals surface area contributed by atoms with Crippen molar-refractivity contribution >= 4 is 27.9 Å². The van der Waals surface area contributed by atoms with Crippen molar-refractivity contribution in [1.82, 2.24) is 0 Å². The standard InChI is InChI=1S/C15H17BrN2O5/c1-3-22-15(20)12(17)10-8-6-7(16)4-5-9(8)23-13(18)11(10)14(19)21-2/h4-6,10,12H,3,17-18H2,1-2H3. The fourth-order valence-corrected chi connectivity index (χ4v) is 2.80. The summed E-state index contributed by atoms with van der Waals surface area (Å²) in [5.74, 6) is -1.90. The van der Waals surface area contributed by atoms with E-state index in [0.29, 0.717) is 11.3 Å². The van der Waals surface area contributed by atoms with Crippen LogP contribution in [0.4, 0.5) is 0 Å². The van der Waals surface area contributed by atoms with E-state index in [0.717, 1.165) is 4.47 Å². The van der Waals surface area contributed by atoms with Crippen LogP contribution in [0, 0.1) is 0 Å². The number of ether oxygens (including phenoxy) is 3. The summed E-state index contributed by atoms with van der Waals surface area (Å²) in [4.78, 5) is 24.2. The van der Waals surface area contributed by atoms with Gasteiger partial charge in [0.2, 0.25) is 5.88 Å². The molecule has 23 heavy (non-hydrogen) atoms. The zero-order valence-corrected chi connectivity index (χ0v) is 14.3. The summed E-state index contributed by atoms with van der Waals surface area (Å²) in [7, 11) is 1.21. The number of hydrogen-bond donors (Lipinski definition) is 2. The van der Waals surface area contributed by atoms with Crippen molar-refractivity contribution in [3.05, 3.63) is 39.7 Å². The molecular formula is C15H17BrN2O5. The minimum atomic E-state index is -1.13. The molecule has 0 radical (unpaired) electrons. The topological polar surface area (TPSA) is 114 Å². The maximum Gasteiger partial charge on any atom is 0.339 e. The molecule has 1 aromatic carbocycles. The lowest BCUT2D eigenvalue weighted by Crippen LogP contribution is -2.43. The molecule has 0 aliphatic carbocycles. The largest absolute Gasteiger partial charge is 0.465 e. The van der Waals surface area contributed by atoms with Gasteiger partial charge in [0, 0.05) is 10.0 Å². The van der Waals surface area contributed by atoms with Gasteiger partial charge < -0.3 is 25.7 Å². The third-order valence-corrected chi connectivity index (χ3v) is 3.92. The predicted octanol–water partition coefficient (Wildman–Crippen LogP) is 1.16. The van der Waals surface area contributed by atoms with Crippen molar-refractivity contribution in [3.8, 4) is 5.75 Å². The van der Waals surface area contributed by atoms with Crippen LogP contribution in [0.1, 0.15) is 18.4 Å². The molecule has 0 saturated carbocycles. The fourth-order valence-electron chi connectivity index (χ4n) is 2.42. The summed E-state index contributed by atoms with van der Waals surface area (Å²) >= 11 is 3.35. The molecule has 0 saturated heterocycles. The smallest absolute Gasteiger partial charge is 0.339 e. The lowest BCUT2D eigenvalue weighted by atomic mass is 9.83. The third kappa shape index (κ3) is 3.32. The molecule has 4 N–H and O–H groups in total. The van der Waals surface area contributed by atoms with Crippen molar-refractivity contribution in [3.63, 3.8) is 0 Å². The normalized spacial score (nSPS) is 17.8. The van der Waals surface area contributed by atoms with E-state index >= 15 is 0 Å². The van der Waals surface area contributed by atoms with Gasteiger partial charge in [-0.3, -0.25) is 4.79 Å². The van der Waals surface area contributed by atoms with Gasteiger partial charge in [0.05, 0.1) is 19.6 Å². The van der Waals surface area contributed by atoms with Gasteiger partial charge in [-0.05, 0) is 25.1 Å². The monoisotopic (exact) mass is 384 g/mol. The van der Waals surface area contributed by atoms with Gasteiger partial charge in [0.15, 0.2) is 0 Å². The summed E-state index contributed by atoms with van der Waals surface area (Å²) in [5, 5.41) is 0. The van der Waals surface area contributed by atoms with E-state index in [1.807, 2.05) is 0 Å². The molecule has 1 aliphatic heterocycles. The highest BCUT2D eigenvalue weighted by Crippen LogP contribution is 2.41. The molecule has 2 rings (SSSR count). The van der Waals surface area contributed by atoms with Gasteiger partial charge in [-0.25, -0.2) is 4.79 Å². The van der Waals surface area contributed by atoms with Crippen LogP contribution in [0.15, 0.2) is 34.1 Å². The van der Waals surface area contributed by atoms with Crippen LogP contribution in [-0.2, 0) is 19.1 Å². The first kappa shape index (κ1) is 17.3. The predicted molar refractivity (Wildman–Crippen MR) is 85.3 cm³/mol. The molecule has 1 heterocycles. The van der Waals surface area contributed by atoms with E-state index in [-0.39, 0.29) is 18.1 Å². The Kier molecular flexibility index (Phi) is 5.27. The third-order valence-electron chi connectivity index (χ3n) is 3.43. The zero-order chi connectivity index (χ0) is 17.1. The minimum Gasteiger partial charge on any atom is -0.465 e. The van der Waals surface area contributed by atoms with E-state index < -0.39 is 23.9 Å². The number of hydrogen-bond acceptors (Lipinski definition) is 7. The van der Waals surface area contributed by atoms with E-state index in [4.69, 9.17) is 25.7 Å². The Morgan fingerprint density at radius 2 is 2.13 bits per heavy atom. The number of rotatable bonds is 4. The van der Waals surface area contributed by atoms with Crippen LogP contribution < -0.4 is 16.2 Å². The fraction of sp³-hybridized carbons (Fsp3) is 0.333. The van der Waals surface area contributed by atoms with Gasteiger partial charge in [-0.1, -0.05) is 15.9 Å². The molecule has 2 unspecified atom stereocenters. The van der Waals surface area contributed by atoms with Crippen molar-refractivity contribution in [2.24, 2.45) is 11.5 Å². The van der Waals surface area contributed by atoms with Gasteiger partial charge in [0.25, 0.3) is 0 Å². The lowest BCUT2D eigenvalue weighted by Gasteiger charge is -2.30. The molecule has 0 amide bonds. The van der Waals surface area contributed by atoms with Crippen molar-refractivity contribution in [2.45, 2.75) is 18.9 Å². The Balaban J connectivity index is 2.57. The van der Waals surface area contributed by atoms with Crippen LogP contribution in [0.3, 0.4) is 0 Å². The number of fused-ring (bicyclic) bond motifs is 1. The number of carbonyl (C=O) groups is 2. The Morgan fingerprint density at radius 1 is 1.43 bits per heavy atom. The molecule has 0 spiro atoms. The first-order chi connectivity index (χ1) is 10.9. The van der Waals surface area contributed by atoms with Gasteiger partial charge in [-0.15, -0.1) is 0 Å². The number of nitrogens with two attached hydrogens (primary N) is 2. The number of esters is 2. The second-order valence-electron chi connectivity index (χ2n) is 4.81. The first-order valence-corrected chi connectivity index (χ1v) is 7.67. The second kappa shape index (κ2) is 7.01. The average Bonchev–Trinajstić information content (AvgIpc) is 2.53. The number of halogens is 1. The molecule has 124 valence electrons. The Morgan fingerprint density at radius 3 is 2.74 bits per heavy atom.